The van der Waals surface area contributed by atoms with Crippen molar-refractivity contribution in [2.24, 2.45) is 0 Å². The van der Waals surface area contributed by atoms with Crippen LogP contribution in [0.2, 0.25) is 5.02 Å². The molecule has 9 nitrogen and oxygen atoms in total. The average molecular weight is 586 g/mol. The average Bonchev–Trinajstić information content (AvgIpc) is 2.94. The van der Waals surface area contributed by atoms with Crippen LogP contribution in [0.25, 0.3) is 0 Å². The van der Waals surface area contributed by atoms with Gasteiger partial charge in [-0.1, -0.05) is 41.9 Å². The van der Waals surface area contributed by atoms with Crippen LogP contribution in [0.4, 0.5) is 42.0 Å². The zero-order valence-corrected chi connectivity index (χ0v) is 22.0. The summed E-state index contributed by atoms with van der Waals surface area (Å²) in [6.07, 6.45) is -2.00. The van der Waals surface area contributed by atoms with Crippen molar-refractivity contribution in [3.8, 4) is 5.75 Å². The molecule has 1 aliphatic rings. The van der Waals surface area contributed by atoms with E-state index in [1.807, 2.05) is 60.7 Å². The molecule has 5 rings (SSSR count). The summed E-state index contributed by atoms with van der Waals surface area (Å²) in [6.45, 7) is -0.0881. The summed E-state index contributed by atoms with van der Waals surface area (Å²) in [4.78, 5) is 30.1. The fourth-order valence-electron chi connectivity index (χ4n) is 3.72. The molecule has 0 saturated carbocycles. The van der Waals surface area contributed by atoms with Crippen molar-refractivity contribution in [2.75, 3.05) is 22.6 Å². The molecule has 2 heterocycles. The molecule has 6 bridgehead atoms. The van der Waals surface area contributed by atoms with Crippen molar-refractivity contribution < 1.29 is 32.6 Å². The number of halogens is 4. The van der Waals surface area contributed by atoms with Crippen LogP contribution in [-0.2, 0) is 22.4 Å². The Balaban J connectivity index is 0.000000493. The number of amides is 1. The van der Waals surface area contributed by atoms with Crippen molar-refractivity contribution in [3.05, 3.63) is 95.1 Å². The minimum atomic E-state index is -5.08. The van der Waals surface area contributed by atoms with Gasteiger partial charge in [0.15, 0.2) is 12.4 Å². The van der Waals surface area contributed by atoms with E-state index in [0.717, 1.165) is 41.0 Å². The number of para-hydroxylation sites is 1. The molecular formula is C28H23ClF3N5O4. The SMILES string of the molecule is O=C(COc1ccc2cc1CCc1cccc(c1)Nc1ncc(Cl)c(n1)N2)Nc1ccccc1.O=C(O)C(F)(F)F. The van der Waals surface area contributed by atoms with Crippen molar-refractivity contribution in [3.63, 3.8) is 0 Å². The summed E-state index contributed by atoms with van der Waals surface area (Å²) in [5.41, 5.74) is 4.57. The smallest absolute Gasteiger partial charge is 0.483 e. The number of carbonyl (C=O) groups is 2. The number of carboxylic acid groups (broad SMARTS) is 1. The van der Waals surface area contributed by atoms with Crippen LogP contribution in [0, 0.1) is 0 Å². The molecule has 0 unspecified atom stereocenters. The highest BCUT2D eigenvalue weighted by Gasteiger charge is 2.38. The number of carbonyl (C=O) groups excluding carboxylic acids is 1. The Morgan fingerprint density at radius 3 is 2.44 bits per heavy atom. The third-order valence-corrected chi connectivity index (χ3v) is 5.87. The number of benzene rings is 3. The van der Waals surface area contributed by atoms with Crippen LogP contribution in [0.5, 0.6) is 5.75 Å². The highest BCUT2D eigenvalue weighted by atomic mass is 35.5. The van der Waals surface area contributed by atoms with Gasteiger partial charge in [0, 0.05) is 17.1 Å². The second-order valence-corrected chi connectivity index (χ2v) is 9.08. The molecule has 212 valence electrons. The van der Waals surface area contributed by atoms with Gasteiger partial charge in [-0.25, -0.2) is 9.78 Å². The highest BCUT2D eigenvalue weighted by molar-refractivity contribution is 6.32. The minimum Gasteiger partial charge on any atom is -0.483 e. The standard InChI is InChI=1S/C26H22ClN5O2.C2HF3O2/c27-22-15-28-26-31-20-8-4-5-17(13-20)9-10-18-14-21(30-25(22)32-26)11-12-23(18)34-16-24(33)29-19-6-2-1-3-7-19;3-2(4,5)1(6)7/h1-8,11-15H,9-10,16H2,(H,29,33)(H2,28,30,31,32);(H,6,7). The van der Waals surface area contributed by atoms with Crippen LogP contribution in [0.1, 0.15) is 11.1 Å². The number of nitrogens with one attached hydrogen (secondary N) is 3. The summed E-state index contributed by atoms with van der Waals surface area (Å²) in [5.74, 6) is -1.37. The third-order valence-electron chi connectivity index (χ3n) is 5.59. The number of aromatic nitrogens is 2. The fourth-order valence-corrected chi connectivity index (χ4v) is 3.86. The summed E-state index contributed by atoms with van der Waals surface area (Å²) < 4.78 is 37.7. The number of aliphatic carboxylic acids is 1. The van der Waals surface area contributed by atoms with Crippen LogP contribution in [-0.4, -0.2) is 39.7 Å². The molecule has 1 aliphatic heterocycles. The molecule has 41 heavy (non-hydrogen) atoms. The summed E-state index contributed by atoms with van der Waals surface area (Å²) >= 11 is 6.33. The fraction of sp³-hybridized carbons (Fsp3) is 0.143. The third kappa shape index (κ3) is 8.57. The number of carboxylic acids is 1. The lowest BCUT2D eigenvalue weighted by Crippen LogP contribution is -2.21. The molecule has 4 N–H and O–H groups in total. The van der Waals surface area contributed by atoms with Crippen LogP contribution in [0.3, 0.4) is 0 Å². The lowest BCUT2D eigenvalue weighted by molar-refractivity contribution is -0.192. The first-order chi connectivity index (χ1) is 19.6. The van der Waals surface area contributed by atoms with Crippen molar-refractivity contribution >= 4 is 52.3 Å². The van der Waals surface area contributed by atoms with Gasteiger partial charge < -0.3 is 25.8 Å². The summed E-state index contributed by atoms with van der Waals surface area (Å²) in [7, 11) is 0. The number of hydrogen-bond acceptors (Lipinski definition) is 7. The highest BCUT2D eigenvalue weighted by Crippen LogP contribution is 2.30. The second kappa shape index (κ2) is 13.0. The van der Waals surface area contributed by atoms with Crippen LogP contribution in [0.15, 0.2) is 79.0 Å². The Hall–Kier alpha value is -4.84. The molecule has 0 atom stereocenters. The lowest BCUT2D eigenvalue weighted by Gasteiger charge is -2.15. The molecule has 4 aromatic rings. The number of aryl methyl sites for hydroxylation is 2. The van der Waals surface area contributed by atoms with Gasteiger partial charge in [-0.3, -0.25) is 4.79 Å². The topological polar surface area (TPSA) is 125 Å². The van der Waals surface area contributed by atoms with E-state index in [0.29, 0.717) is 22.5 Å². The Morgan fingerprint density at radius 2 is 1.71 bits per heavy atom. The van der Waals surface area contributed by atoms with E-state index in [-0.39, 0.29) is 12.5 Å². The number of fused-ring (bicyclic) bond motifs is 6. The Kier molecular flexibility index (Phi) is 9.25. The van der Waals surface area contributed by atoms with Crippen molar-refractivity contribution in [1.82, 2.24) is 9.97 Å². The van der Waals surface area contributed by atoms with E-state index < -0.39 is 12.1 Å². The van der Waals surface area contributed by atoms with Gasteiger partial charge in [0.2, 0.25) is 5.95 Å². The molecule has 0 saturated heterocycles. The number of rotatable bonds is 4. The Labute approximate surface area is 237 Å². The van der Waals surface area contributed by atoms with Crippen molar-refractivity contribution in [1.29, 1.82) is 0 Å². The molecule has 3 aromatic carbocycles. The Bertz CT molecular complexity index is 1540. The van der Waals surface area contributed by atoms with Gasteiger partial charge in [0.05, 0.1) is 6.20 Å². The van der Waals surface area contributed by atoms with Gasteiger partial charge in [-0.05, 0) is 66.4 Å². The van der Waals surface area contributed by atoms with E-state index >= 15 is 0 Å². The summed E-state index contributed by atoms with van der Waals surface area (Å²) in [6, 6.07) is 23.2. The first-order valence-electron chi connectivity index (χ1n) is 12.1. The molecule has 0 fully saturated rings. The van der Waals surface area contributed by atoms with Crippen LogP contribution < -0.4 is 20.7 Å². The first kappa shape index (κ1) is 29.2. The molecular weight excluding hydrogens is 563 g/mol. The second-order valence-electron chi connectivity index (χ2n) is 8.67. The number of hydrogen-bond donors (Lipinski definition) is 4. The lowest BCUT2D eigenvalue weighted by atomic mass is 10.0. The monoisotopic (exact) mass is 585 g/mol. The maximum absolute atomic E-state index is 12.4. The minimum absolute atomic E-state index is 0.0881. The number of ether oxygens (including phenoxy) is 1. The van der Waals surface area contributed by atoms with E-state index in [1.165, 1.54) is 0 Å². The van der Waals surface area contributed by atoms with E-state index in [4.69, 9.17) is 26.2 Å². The molecule has 1 aromatic heterocycles. The summed E-state index contributed by atoms with van der Waals surface area (Å²) in [5, 5.41) is 16.9. The Morgan fingerprint density at radius 1 is 0.976 bits per heavy atom. The van der Waals surface area contributed by atoms with E-state index in [1.54, 1.807) is 6.20 Å². The number of alkyl halides is 3. The molecule has 0 spiro atoms. The maximum Gasteiger partial charge on any atom is 0.490 e. The van der Waals surface area contributed by atoms with E-state index in [9.17, 15) is 18.0 Å². The zero-order chi connectivity index (χ0) is 29.4. The van der Waals surface area contributed by atoms with Gasteiger partial charge in [-0.2, -0.15) is 18.2 Å². The van der Waals surface area contributed by atoms with Crippen molar-refractivity contribution in [2.45, 2.75) is 19.0 Å². The van der Waals surface area contributed by atoms with Gasteiger partial charge in [0.25, 0.3) is 5.91 Å². The predicted octanol–water partition coefficient (Wildman–Crippen LogP) is 6.37. The van der Waals surface area contributed by atoms with Crippen LogP contribution >= 0.6 is 11.6 Å². The van der Waals surface area contributed by atoms with E-state index in [2.05, 4.69) is 38.1 Å². The predicted molar refractivity (Wildman–Crippen MR) is 148 cm³/mol. The van der Waals surface area contributed by atoms with Gasteiger partial charge in [-0.15, -0.1) is 0 Å². The number of anilines is 5. The largest absolute Gasteiger partial charge is 0.490 e. The maximum atomic E-state index is 12.4. The van der Waals surface area contributed by atoms with Gasteiger partial charge >= 0.3 is 12.1 Å². The first-order valence-corrected chi connectivity index (χ1v) is 12.5. The van der Waals surface area contributed by atoms with Gasteiger partial charge in [0.1, 0.15) is 10.8 Å². The molecule has 1 amide bonds. The zero-order valence-electron chi connectivity index (χ0n) is 21.2. The molecule has 13 heteroatoms. The normalized spacial score (nSPS) is 12.0. The molecule has 0 radical (unpaired) electrons. The molecule has 0 aliphatic carbocycles. The number of nitrogens with zero attached hydrogens (tertiary/aromatic N) is 2. The quantitative estimate of drug-likeness (QED) is 0.218.